The van der Waals surface area contributed by atoms with Crippen LogP contribution < -0.4 is 5.32 Å². The highest BCUT2D eigenvalue weighted by Gasteiger charge is 2.12. The summed E-state index contributed by atoms with van der Waals surface area (Å²) in [5, 5.41) is 5.45. The van der Waals surface area contributed by atoms with Crippen molar-refractivity contribution in [3.8, 4) is 0 Å². The topological polar surface area (TPSA) is 24.9 Å². The van der Waals surface area contributed by atoms with Crippen molar-refractivity contribution in [1.82, 2.24) is 10.3 Å². The summed E-state index contributed by atoms with van der Waals surface area (Å²) in [6.07, 6.45) is 2.17. The van der Waals surface area contributed by atoms with Crippen LogP contribution in [0.15, 0.2) is 35.2 Å². The van der Waals surface area contributed by atoms with Gasteiger partial charge < -0.3 is 5.32 Å². The van der Waals surface area contributed by atoms with Gasteiger partial charge >= 0.3 is 0 Å². The number of rotatable bonds is 6. The Morgan fingerprint density at radius 1 is 1.28 bits per heavy atom. The van der Waals surface area contributed by atoms with Gasteiger partial charge in [-0.25, -0.2) is 4.98 Å². The van der Waals surface area contributed by atoms with E-state index in [1.807, 2.05) is 12.6 Å². The van der Waals surface area contributed by atoms with Crippen molar-refractivity contribution >= 4 is 11.3 Å². The molecule has 0 aliphatic carbocycles. The van der Waals surface area contributed by atoms with Crippen molar-refractivity contribution in [2.24, 2.45) is 5.92 Å². The van der Waals surface area contributed by atoms with Gasteiger partial charge in [0, 0.05) is 5.38 Å². The lowest BCUT2D eigenvalue weighted by atomic mass is 9.92. The maximum atomic E-state index is 4.39. The molecule has 96 valence electrons. The van der Waals surface area contributed by atoms with Crippen LogP contribution >= 0.6 is 11.3 Å². The van der Waals surface area contributed by atoms with Gasteiger partial charge in [-0.1, -0.05) is 24.3 Å². The van der Waals surface area contributed by atoms with Gasteiger partial charge in [0.25, 0.3) is 0 Å². The van der Waals surface area contributed by atoms with Crippen LogP contribution in [0.2, 0.25) is 0 Å². The summed E-state index contributed by atoms with van der Waals surface area (Å²) in [7, 11) is 2.02. The standard InChI is InChI=1S/C15H20N2S/c1-12-5-3-4-6-14(12)7-13(9-16-2)8-15-10-18-11-17-15/h3-6,10-11,13,16H,7-9H2,1-2H3. The minimum absolute atomic E-state index is 0.609. The van der Waals surface area contributed by atoms with Crippen LogP contribution in [-0.4, -0.2) is 18.6 Å². The molecule has 1 atom stereocenters. The number of hydrogen-bond donors (Lipinski definition) is 1. The number of nitrogens with one attached hydrogen (secondary N) is 1. The normalized spacial score (nSPS) is 12.6. The first-order valence-electron chi connectivity index (χ1n) is 6.35. The second kappa shape index (κ2) is 6.66. The average Bonchev–Trinajstić information content (AvgIpc) is 2.85. The number of hydrogen-bond acceptors (Lipinski definition) is 3. The monoisotopic (exact) mass is 260 g/mol. The fourth-order valence-corrected chi connectivity index (χ4v) is 2.86. The van der Waals surface area contributed by atoms with E-state index in [-0.39, 0.29) is 0 Å². The third-order valence-corrected chi connectivity index (χ3v) is 3.88. The molecule has 0 amide bonds. The van der Waals surface area contributed by atoms with Crippen molar-refractivity contribution in [2.75, 3.05) is 13.6 Å². The minimum atomic E-state index is 0.609. The summed E-state index contributed by atoms with van der Waals surface area (Å²) in [5.74, 6) is 0.609. The van der Waals surface area contributed by atoms with Crippen molar-refractivity contribution < 1.29 is 0 Å². The molecule has 2 nitrogen and oxygen atoms in total. The molecule has 0 saturated carbocycles. The first kappa shape index (κ1) is 13.2. The molecule has 0 aliphatic heterocycles. The molecular weight excluding hydrogens is 240 g/mol. The van der Waals surface area contributed by atoms with E-state index in [2.05, 4.69) is 46.9 Å². The van der Waals surface area contributed by atoms with Gasteiger partial charge in [-0.05, 0) is 50.4 Å². The number of thiazole rings is 1. The summed E-state index contributed by atoms with van der Waals surface area (Å²) >= 11 is 1.68. The Morgan fingerprint density at radius 3 is 2.78 bits per heavy atom. The molecule has 1 aromatic heterocycles. The summed E-state index contributed by atoms with van der Waals surface area (Å²) in [4.78, 5) is 4.39. The number of aromatic nitrogens is 1. The quantitative estimate of drug-likeness (QED) is 0.863. The lowest BCUT2D eigenvalue weighted by Gasteiger charge is -2.16. The lowest BCUT2D eigenvalue weighted by Crippen LogP contribution is -2.23. The highest BCUT2D eigenvalue weighted by atomic mass is 32.1. The Balaban J connectivity index is 2.04. The Hall–Kier alpha value is -1.19. The molecule has 0 bridgehead atoms. The van der Waals surface area contributed by atoms with Crippen molar-refractivity contribution in [1.29, 1.82) is 0 Å². The summed E-state index contributed by atoms with van der Waals surface area (Å²) < 4.78 is 0. The molecule has 2 rings (SSSR count). The van der Waals surface area contributed by atoms with Crippen molar-refractivity contribution in [3.05, 3.63) is 52.0 Å². The van der Waals surface area contributed by atoms with Crippen LogP contribution in [0, 0.1) is 12.8 Å². The zero-order chi connectivity index (χ0) is 12.8. The Kier molecular flexibility index (Phi) is 4.90. The maximum Gasteiger partial charge on any atom is 0.0794 e. The molecule has 0 fully saturated rings. The number of nitrogens with zero attached hydrogens (tertiary/aromatic N) is 1. The third-order valence-electron chi connectivity index (χ3n) is 3.24. The number of aryl methyl sites for hydroxylation is 1. The Morgan fingerprint density at radius 2 is 2.11 bits per heavy atom. The summed E-state index contributed by atoms with van der Waals surface area (Å²) in [5.41, 5.74) is 5.97. The first-order valence-corrected chi connectivity index (χ1v) is 7.30. The van der Waals surface area contributed by atoms with Crippen molar-refractivity contribution in [3.63, 3.8) is 0 Å². The van der Waals surface area contributed by atoms with Crippen LogP contribution in [0.5, 0.6) is 0 Å². The second-order valence-corrected chi connectivity index (χ2v) is 5.46. The highest BCUT2D eigenvalue weighted by molar-refractivity contribution is 7.07. The Labute approximate surface area is 113 Å². The zero-order valence-electron chi connectivity index (χ0n) is 11.0. The van der Waals surface area contributed by atoms with Gasteiger partial charge in [0.15, 0.2) is 0 Å². The van der Waals surface area contributed by atoms with E-state index in [0.717, 1.165) is 19.4 Å². The first-order chi connectivity index (χ1) is 8.79. The molecule has 0 aliphatic rings. The van der Waals surface area contributed by atoms with Crippen LogP contribution in [0.3, 0.4) is 0 Å². The predicted molar refractivity (Wildman–Crippen MR) is 78.1 cm³/mol. The predicted octanol–water partition coefficient (Wildman–Crippen LogP) is 3.07. The van der Waals surface area contributed by atoms with E-state index in [1.54, 1.807) is 11.3 Å². The second-order valence-electron chi connectivity index (χ2n) is 4.74. The van der Waals surface area contributed by atoms with E-state index in [9.17, 15) is 0 Å². The van der Waals surface area contributed by atoms with Crippen LogP contribution in [-0.2, 0) is 12.8 Å². The summed E-state index contributed by atoms with van der Waals surface area (Å²) in [6, 6.07) is 8.65. The van der Waals surface area contributed by atoms with Crippen LogP contribution in [0.1, 0.15) is 16.8 Å². The molecule has 3 heteroatoms. The fraction of sp³-hybridized carbons (Fsp3) is 0.400. The maximum absolute atomic E-state index is 4.39. The fourth-order valence-electron chi connectivity index (χ4n) is 2.29. The molecule has 1 aromatic carbocycles. The molecule has 0 radical (unpaired) electrons. The molecule has 0 saturated heterocycles. The molecule has 1 N–H and O–H groups in total. The molecule has 1 unspecified atom stereocenters. The third kappa shape index (κ3) is 3.65. The molecule has 2 aromatic rings. The van der Waals surface area contributed by atoms with E-state index < -0.39 is 0 Å². The van der Waals surface area contributed by atoms with Gasteiger partial charge in [0.05, 0.1) is 11.2 Å². The smallest absolute Gasteiger partial charge is 0.0794 e. The van der Waals surface area contributed by atoms with Gasteiger partial charge in [-0.2, -0.15) is 0 Å². The van der Waals surface area contributed by atoms with E-state index >= 15 is 0 Å². The van der Waals surface area contributed by atoms with E-state index in [0.29, 0.717) is 5.92 Å². The van der Waals surface area contributed by atoms with Gasteiger partial charge in [-0.15, -0.1) is 11.3 Å². The SMILES string of the molecule is CNCC(Cc1cscn1)Cc1ccccc1C. The molecule has 0 spiro atoms. The number of benzene rings is 1. The van der Waals surface area contributed by atoms with E-state index in [4.69, 9.17) is 0 Å². The largest absolute Gasteiger partial charge is 0.319 e. The van der Waals surface area contributed by atoms with Gasteiger partial charge in [0.1, 0.15) is 0 Å². The van der Waals surface area contributed by atoms with Gasteiger partial charge in [0.2, 0.25) is 0 Å². The lowest BCUT2D eigenvalue weighted by molar-refractivity contribution is 0.488. The molecule has 1 heterocycles. The molecule has 18 heavy (non-hydrogen) atoms. The van der Waals surface area contributed by atoms with Crippen LogP contribution in [0.4, 0.5) is 0 Å². The minimum Gasteiger partial charge on any atom is -0.319 e. The Bertz CT molecular complexity index is 465. The van der Waals surface area contributed by atoms with E-state index in [1.165, 1.54) is 16.8 Å². The summed E-state index contributed by atoms with van der Waals surface area (Å²) in [6.45, 7) is 3.22. The zero-order valence-corrected chi connectivity index (χ0v) is 11.8. The molecular formula is C15H20N2S. The average molecular weight is 260 g/mol. The van der Waals surface area contributed by atoms with Gasteiger partial charge in [-0.3, -0.25) is 0 Å². The van der Waals surface area contributed by atoms with Crippen LogP contribution in [0.25, 0.3) is 0 Å². The highest BCUT2D eigenvalue weighted by Crippen LogP contribution is 2.17. The van der Waals surface area contributed by atoms with Crippen molar-refractivity contribution in [2.45, 2.75) is 19.8 Å².